The summed E-state index contributed by atoms with van der Waals surface area (Å²) >= 11 is 0. The Labute approximate surface area is 181 Å². The molecule has 0 radical (unpaired) electrons. The first-order chi connectivity index (χ1) is 12.1. The number of halogens is 2. The van der Waals surface area contributed by atoms with Gasteiger partial charge < -0.3 is 19.7 Å². The molecule has 152 valence electrons. The van der Waals surface area contributed by atoms with E-state index in [-0.39, 0.29) is 40.4 Å². The largest absolute Gasteiger partial charge is 0.494 e. The van der Waals surface area contributed by atoms with Gasteiger partial charge in [-0.25, -0.2) is 4.98 Å². The van der Waals surface area contributed by atoms with Crippen LogP contribution in [0.15, 0.2) is 18.2 Å². The third-order valence-corrected chi connectivity index (χ3v) is 4.98. The van der Waals surface area contributed by atoms with Gasteiger partial charge in [0.2, 0.25) is 0 Å². The van der Waals surface area contributed by atoms with Gasteiger partial charge in [-0.2, -0.15) is 0 Å². The summed E-state index contributed by atoms with van der Waals surface area (Å²) in [6.45, 7) is 2.68. The van der Waals surface area contributed by atoms with Crippen LogP contribution in [0.2, 0.25) is 0 Å². The van der Waals surface area contributed by atoms with Crippen LogP contribution in [0.5, 0.6) is 5.75 Å². The van der Waals surface area contributed by atoms with Crippen LogP contribution < -0.4 is 10.1 Å². The van der Waals surface area contributed by atoms with Crippen molar-refractivity contribution in [2.45, 2.75) is 38.5 Å². The molecule has 1 aromatic heterocycles. The molecule has 1 aliphatic rings. The number of aromatic nitrogens is 2. The van der Waals surface area contributed by atoms with Crippen LogP contribution in [0.4, 0.5) is 0 Å². The summed E-state index contributed by atoms with van der Waals surface area (Å²) in [7, 11) is 2.06. The second-order valence-corrected chi connectivity index (χ2v) is 6.82. The number of carboxylic acids is 1. The average Bonchev–Trinajstić information content (AvgIpc) is 2.93. The molecule has 1 aliphatic heterocycles. The number of carbonyl (C=O) groups is 1. The molecule has 27 heavy (non-hydrogen) atoms. The Kier molecular flexibility index (Phi) is 10.3. The summed E-state index contributed by atoms with van der Waals surface area (Å²) in [5.41, 5.74) is 2.05. The predicted octanol–water partition coefficient (Wildman–Crippen LogP) is 3.90. The zero-order chi connectivity index (χ0) is 17.6. The fourth-order valence-electron chi connectivity index (χ4n) is 3.45. The van der Waals surface area contributed by atoms with Crippen molar-refractivity contribution in [2.75, 3.05) is 19.7 Å². The number of hydrogen-bond acceptors (Lipinski definition) is 4. The summed E-state index contributed by atoms with van der Waals surface area (Å²) in [5.74, 6) is 1.90. The Hall–Kier alpha value is -1.12. The maximum absolute atomic E-state index is 10.5. The third-order valence-electron chi connectivity index (χ3n) is 4.98. The number of benzene rings is 1. The van der Waals surface area contributed by atoms with Crippen molar-refractivity contribution in [2.24, 2.45) is 13.0 Å². The molecule has 2 N–H and O–H groups in total. The quantitative estimate of drug-likeness (QED) is 0.531. The minimum atomic E-state index is -0.788. The molecule has 0 amide bonds. The fourth-order valence-corrected chi connectivity index (χ4v) is 3.45. The summed E-state index contributed by atoms with van der Waals surface area (Å²) in [6, 6.07) is 5.89. The van der Waals surface area contributed by atoms with Gasteiger partial charge in [0.1, 0.15) is 11.6 Å². The highest BCUT2D eigenvalue weighted by atomic mass is 79.9. The molecule has 1 saturated heterocycles. The highest BCUT2D eigenvalue weighted by molar-refractivity contribution is 8.93. The minimum Gasteiger partial charge on any atom is -0.494 e. The molecule has 0 unspecified atom stereocenters. The van der Waals surface area contributed by atoms with E-state index in [9.17, 15) is 4.79 Å². The van der Waals surface area contributed by atoms with Gasteiger partial charge in [-0.05, 0) is 56.8 Å². The first-order valence-corrected chi connectivity index (χ1v) is 9.14. The number of hydrogen-bond donors (Lipinski definition) is 2. The molecular weight excluding hydrogens is 478 g/mol. The highest BCUT2D eigenvalue weighted by Crippen LogP contribution is 2.24. The summed E-state index contributed by atoms with van der Waals surface area (Å²) in [6.07, 6.45) is 5.37. The van der Waals surface area contributed by atoms with Crippen molar-refractivity contribution < 1.29 is 14.6 Å². The molecule has 0 saturated carbocycles. The Morgan fingerprint density at radius 1 is 1.33 bits per heavy atom. The number of fused-ring (bicyclic) bond motifs is 1. The van der Waals surface area contributed by atoms with Crippen molar-refractivity contribution in [3.05, 3.63) is 24.0 Å². The number of nitrogens with one attached hydrogen (secondary N) is 1. The summed E-state index contributed by atoms with van der Waals surface area (Å²) < 4.78 is 7.83. The van der Waals surface area contributed by atoms with E-state index in [0.717, 1.165) is 48.0 Å². The van der Waals surface area contributed by atoms with Gasteiger partial charge in [0.15, 0.2) is 0 Å². The number of aliphatic carboxylic acids is 1. The highest BCUT2D eigenvalue weighted by Gasteiger charge is 2.15. The summed E-state index contributed by atoms with van der Waals surface area (Å²) in [5, 5.41) is 12.1. The van der Waals surface area contributed by atoms with Crippen LogP contribution in [-0.2, 0) is 18.3 Å². The molecule has 0 bridgehead atoms. The van der Waals surface area contributed by atoms with Crippen molar-refractivity contribution in [1.82, 2.24) is 14.9 Å². The lowest BCUT2D eigenvalue weighted by Gasteiger charge is -2.22. The van der Waals surface area contributed by atoms with E-state index < -0.39 is 5.97 Å². The number of aryl methyl sites for hydroxylation is 2. The van der Waals surface area contributed by atoms with Gasteiger partial charge in [-0.3, -0.25) is 4.79 Å². The monoisotopic (exact) mass is 505 g/mol. The molecule has 1 aromatic carbocycles. The molecule has 1 fully saturated rings. The van der Waals surface area contributed by atoms with Gasteiger partial charge in [-0.1, -0.05) is 0 Å². The number of ether oxygens (including phenoxy) is 1. The first-order valence-electron chi connectivity index (χ1n) is 9.14. The number of nitrogens with zero attached hydrogens (tertiary/aromatic N) is 2. The standard InChI is InChI=1S/C19H27N3O3.2BrH/c1-22-17-13-15(25-12-2-3-19(23)24)5-6-16(17)21-18(22)7-4-14-8-10-20-11-9-14;;/h5-6,13-14,20H,2-4,7-12H2,1H3,(H,23,24);2*1H. The second-order valence-electron chi connectivity index (χ2n) is 6.82. The first kappa shape index (κ1) is 23.9. The average molecular weight is 507 g/mol. The van der Waals surface area contributed by atoms with E-state index in [2.05, 4.69) is 16.9 Å². The Morgan fingerprint density at radius 3 is 2.78 bits per heavy atom. The molecule has 6 nitrogen and oxygen atoms in total. The van der Waals surface area contributed by atoms with Crippen LogP contribution in [0.25, 0.3) is 11.0 Å². The Balaban J connectivity index is 0.00000182. The topological polar surface area (TPSA) is 76.4 Å². The van der Waals surface area contributed by atoms with Gasteiger partial charge in [-0.15, -0.1) is 34.0 Å². The van der Waals surface area contributed by atoms with E-state index >= 15 is 0 Å². The smallest absolute Gasteiger partial charge is 0.303 e. The summed E-state index contributed by atoms with van der Waals surface area (Å²) in [4.78, 5) is 15.3. The van der Waals surface area contributed by atoms with Crippen molar-refractivity contribution in [3.8, 4) is 5.75 Å². The van der Waals surface area contributed by atoms with E-state index in [1.54, 1.807) is 0 Å². The normalized spacial score (nSPS) is 14.4. The molecule has 0 aliphatic carbocycles. The molecule has 3 rings (SSSR count). The Morgan fingerprint density at radius 2 is 2.07 bits per heavy atom. The van der Waals surface area contributed by atoms with Gasteiger partial charge >= 0.3 is 5.97 Å². The van der Waals surface area contributed by atoms with Crippen molar-refractivity contribution in [1.29, 1.82) is 0 Å². The lowest BCUT2D eigenvalue weighted by Crippen LogP contribution is -2.28. The zero-order valence-electron chi connectivity index (χ0n) is 15.6. The van der Waals surface area contributed by atoms with Gasteiger partial charge in [0.25, 0.3) is 0 Å². The van der Waals surface area contributed by atoms with Gasteiger partial charge in [0.05, 0.1) is 17.6 Å². The minimum absolute atomic E-state index is 0. The molecule has 2 heterocycles. The van der Waals surface area contributed by atoms with Crippen LogP contribution in [0.3, 0.4) is 0 Å². The molecule has 2 aromatic rings. The number of carboxylic acid groups (broad SMARTS) is 1. The number of rotatable bonds is 8. The maximum Gasteiger partial charge on any atom is 0.303 e. The lowest BCUT2D eigenvalue weighted by atomic mass is 9.93. The van der Waals surface area contributed by atoms with Crippen LogP contribution >= 0.6 is 34.0 Å². The second kappa shape index (κ2) is 11.7. The van der Waals surface area contributed by atoms with E-state index in [1.807, 2.05) is 18.2 Å². The number of piperidine rings is 1. The Bertz CT molecular complexity index is 730. The SMILES string of the molecule is Br.Br.Cn1c(CCC2CCNCC2)nc2ccc(OCCCC(=O)O)cc21. The van der Waals surface area contributed by atoms with Crippen LogP contribution in [0.1, 0.15) is 37.9 Å². The predicted molar refractivity (Wildman–Crippen MR) is 118 cm³/mol. The van der Waals surface area contributed by atoms with E-state index in [0.29, 0.717) is 13.0 Å². The van der Waals surface area contributed by atoms with E-state index in [4.69, 9.17) is 14.8 Å². The molecule has 0 spiro atoms. The third kappa shape index (κ3) is 6.76. The van der Waals surface area contributed by atoms with E-state index in [1.165, 1.54) is 19.3 Å². The van der Waals surface area contributed by atoms with Crippen molar-refractivity contribution in [3.63, 3.8) is 0 Å². The molecule has 0 atom stereocenters. The number of imidazole rings is 1. The van der Waals surface area contributed by atoms with Crippen molar-refractivity contribution >= 4 is 51.0 Å². The van der Waals surface area contributed by atoms with Crippen LogP contribution in [-0.4, -0.2) is 40.3 Å². The lowest BCUT2D eigenvalue weighted by molar-refractivity contribution is -0.137. The van der Waals surface area contributed by atoms with Gasteiger partial charge in [0, 0.05) is 26.0 Å². The van der Waals surface area contributed by atoms with Crippen LogP contribution in [0, 0.1) is 5.92 Å². The molecular formula is C19H29Br2N3O3. The zero-order valence-corrected chi connectivity index (χ0v) is 19.1. The fraction of sp³-hybridized carbons (Fsp3) is 0.579. The molecule has 8 heteroatoms. The maximum atomic E-state index is 10.5.